The quantitative estimate of drug-likeness (QED) is 0.377. The van der Waals surface area contributed by atoms with E-state index in [9.17, 15) is 4.79 Å². The standard InChI is InChI=1S/C32H39N7O/c1-19(2)24-9-7-20(3)29(15-24)37-12-11-27-26(18-37)32(38-13-14-39(23(6)40)22(5)17-38)35-31(34-27)30-21(4)8-10-28-25(30)16-33-36-28/h7-10,15-16,19,22H,11-14,17-18H2,1-6H3,(H,33,36). The smallest absolute Gasteiger partial charge is 0.219 e. The molecule has 0 spiro atoms. The summed E-state index contributed by atoms with van der Waals surface area (Å²) in [6, 6.07) is 11.1. The number of aromatic nitrogens is 4. The zero-order valence-electron chi connectivity index (χ0n) is 24.5. The first-order chi connectivity index (χ1) is 19.2. The molecule has 1 atom stereocenters. The molecule has 6 rings (SSSR count). The Bertz CT molecular complexity index is 1590. The number of piperazine rings is 1. The van der Waals surface area contributed by atoms with Gasteiger partial charge >= 0.3 is 0 Å². The van der Waals surface area contributed by atoms with Crippen LogP contribution in [0.4, 0.5) is 11.5 Å². The summed E-state index contributed by atoms with van der Waals surface area (Å²) >= 11 is 0. The molecule has 2 aliphatic heterocycles. The predicted molar refractivity (Wildman–Crippen MR) is 161 cm³/mol. The summed E-state index contributed by atoms with van der Waals surface area (Å²) in [5, 5.41) is 8.44. The van der Waals surface area contributed by atoms with Crippen LogP contribution in [0.25, 0.3) is 22.3 Å². The van der Waals surface area contributed by atoms with Gasteiger partial charge in [0.05, 0.1) is 17.4 Å². The maximum atomic E-state index is 12.2. The minimum absolute atomic E-state index is 0.115. The normalized spacial score (nSPS) is 17.6. The van der Waals surface area contributed by atoms with E-state index in [4.69, 9.17) is 9.97 Å². The van der Waals surface area contributed by atoms with Crippen LogP contribution in [-0.2, 0) is 17.8 Å². The Morgan fingerprint density at radius 1 is 1.02 bits per heavy atom. The number of rotatable bonds is 4. The molecule has 0 saturated carbocycles. The van der Waals surface area contributed by atoms with Crippen molar-refractivity contribution < 1.29 is 4.79 Å². The van der Waals surface area contributed by atoms with Crippen LogP contribution < -0.4 is 9.80 Å². The van der Waals surface area contributed by atoms with E-state index in [2.05, 4.69) is 84.9 Å². The number of H-pyrrole nitrogens is 1. The van der Waals surface area contributed by atoms with E-state index < -0.39 is 0 Å². The zero-order chi connectivity index (χ0) is 28.1. The lowest BCUT2D eigenvalue weighted by Gasteiger charge is -2.42. The van der Waals surface area contributed by atoms with E-state index in [0.717, 1.165) is 72.0 Å². The van der Waals surface area contributed by atoms with Crippen molar-refractivity contribution in [2.75, 3.05) is 36.0 Å². The molecule has 4 heterocycles. The van der Waals surface area contributed by atoms with E-state index in [0.29, 0.717) is 12.5 Å². The van der Waals surface area contributed by atoms with Crippen molar-refractivity contribution in [3.8, 4) is 11.4 Å². The minimum Gasteiger partial charge on any atom is -0.366 e. The van der Waals surface area contributed by atoms with E-state index >= 15 is 0 Å². The Morgan fingerprint density at radius 2 is 1.82 bits per heavy atom. The highest BCUT2D eigenvalue weighted by Gasteiger charge is 2.32. The molecular weight excluding hydrogens is 498 g/mol. The van der Waals surface area contributed by atoms with E-state index in [1.165, 1.54) is 22.4 Å². The first-order valence-corrected chi connectivity index (χ1v) is 14.4. The lowest BCUT2D eigenvalue weighted by molar-refractivity contribution is -0.131. The third kappa shape index (κ3) is 4.59. The largest absolute Gasteiger partial charge is 0.366 e. The first kappa shape index (κ1) is 26.3. The topological polar surface area (TPSA) is 81.2 Å². The molecule has 2 aliphatic rings. The van der Waals surface area contributed by atoms with Crippen LogP contribution in [0.5, 0.6) is 0 Å². The molecule has 4 aromatic rings. The molecule has 0 aliphatic carbocycles. The number of amides is 1. The van der Waals surface area contributed by atoms with Gasteiger partial charge < -0.3 is 14.7 Å². The lowest BCUT2D eigenvalue weighted by atomic mass is 9.97. The van der Waals surface area contributed by atoms with Crippen LogP contribution in [0.2, 0.25) is 0 Å². The number of hydrogen-bond donors (Lipinski definition) is 1. The van der Waals surface area contributed by atoms with Crippen LogP contribution in [0, 0.1) is 13.8 Å². The van der Waals surface area contributed by atoms with Gasteiger partial charge in [-0.1, -0.05) is 32.0 Å². The van der Waals surface area contributed by atoms with Gasteiger partial charge in [-0.3, -0.25) is 9.89 Å². The number of carbonyl (C=O) groups is 1. The van der Waals surface area contributed by atoms with Crippen LogP contribution in [0.15, 0.2) is 36.5 Å². The Kier molecular flexibility index (Phi) is 6.72. The van der Waals surface area contributed by atoms with E-state index in [1.807, 2.05) is 11.1 Å². The highest BCUT2D eigenvalue weighted by molar-refractivity contribution is 5.94. The fraction of sp³-hybridized carbons (Fsp3) is 0.438. The molecule has 1 fully saturated rings. The molecule has 2 aromatic heterocycles. The lowest BCUT2D eigenvalue weighted by Crippen LogP contribution is -2.54. The Balaban J connectivity index is 1.46. The van der Waals surface area contributed by atoms with Gasteiger partial charge in [-0.15, -0.1) is 0 Å². The van der Waals surface area contributed by atoms with Crippen LogP contribution in [0.1, 0.15) is 61.6 Å². The van der Waals surface area contributed by atoms with Gasteiger partial charge in [0.15, 0.2) is 5.82 Å². The summed E-state index contributed by atoms with van der Waals surface area (Å²) in [5.41, 5.74) is 9.41. The van der Waals surface area contributed by atoms with Crippen LogP contribution in [0.3, 0.4) is 0 Å². The molecule has 1 saturated heterocycles. The molecule has 2 aromatic carbocycles. The second-order valence-electron chi connectivity index (χ2n) is 11.8. The van der Waals surface area contributed by atoms with Crippen LogP contribution >= 0.6 is 0 Å². The number of carbonyl (C=O) groups excluding carboxylic acids is 1. The monoisotopic (exact) mass is 537 g/mol. The van der Waals surface area contributed by atoms with Crippen molar-refractivity contribution >= 4 is 28.3 Å². The summed E-state index contributed by atoms with van der Waals surface area (Å²) in [6.45, 7) is 16.5. The number of aryl methyl sites for hydroxylation is 2. The molecule has 208 valence electrons. The Labute approximate surface area is 236 Å². The molecule has 1 unspecified atom stereocenters. The summed E-state index contributed by atoms with van der Waals surface area (Å²) in [6.07, 6.45) is 2.73. The Hall–Kier alpha value is -3.94. The summed E-state index contributed by atoms with van der Waals surface area (Å²) in [5.74, 6) is 2.36. The number of anilines is 2. The average molecular weight is 538 g/mol. The first-order valence-electron chi connectivity index (χ1n) is 14.4. The van der Waals surface area contributed by atoms with Gasteiger partial charge in [0, 0.05) is 74.3 Å². The van der Waals surface area contributed by atoms with Gasteiger partial charge in [-0.25, -0.2) is 9.97 Å². The number of aromatic amines is 1. The summed E-state index contributed by atoms with van der Waals surface area (Å²) in [4.78, 5) is 29.6. The van der Waals surface area contributed by atoms with E-state index in [-0.39, 0.29) is 11.9 Å². The van der Waals surface area contributed by atoms with Crippen LogP contribution in [-0.4, -0.2) is 63.2 Å². The Morgan fingerprint density at radius 3 is 2.58 bits per heavy atom. The number of hydrogen-bond acceptors (Lipinski definition) is 6. The molecule has 8 heteroatoms. The highest BCUT2D eigenvalue weighted by atomic mass is 16.2. The maximum Gasteiger partial charge on any atom is 0.219 e. The van der Waals surface area contributed by atoms with Gasteiger partial charge in [0.2, 0.25) is 5.91 Å². The SMILES string of the molecule is CC(=O)N1CCN(c2nc(-c3c(C)ccc4[nH]ncc34)nc3c2CN(c2cc(C(C)C)ccc2C)CC3)CC1C. The third-order valence-corrected chi connectivity index (χ3v) is 8.67. The van der Waals surface area contributed by atoms with E-state index in [1.54, 1.807) is 6.92 Å². The van der Waals surface area contributed by atoms with Crippen molar-refractivity contribution in [2.24, 2.45) is 0 Å². The fourth-order valence-electron chi connectivity index (χ4n) is 6.34. The average Bonchev–Trinajstić information content (AvgIpc) is 3.41. The number of fused-ring (bicyclic) bond motifs is 2. The number of benzene rings is 2. The molecule has 40 heavy (non-hydrogen) atoms. The van der Waals surface area contributed by atoms with Gasteiger partial charge in [0.1, 0.15) is 5.82 Å². The highest BCUT2D eigenvalue weighted by Crippen LogP contribution is 2.37. The number of nitrogens with one attached hydrogen (secondary N) is 1. The summed E-state index contributed by atoms with van der Waals surface area (Å²) < 4.78 is 0. The van der Waals surface area contributed by atoms with Crippen molar-refractivity contribution in [1.29, 1.82) is 0 Å². The zero-order valence-corrected chi connectivity index (χ0v) is 24.5. The van der Waals surface area contributed by atoms with Crippen molar-refractivity contribution in [1.82, 2.24) is 25.1 Å². The van der Waals surface area contributed by atoms with Gasteiger partial charge in [-0.2, -0.15) is 5.10 Å². The van der Waals surface area contributed by atoms with Crippen molar-refractivity contribution in [3.05, 3.63) is 64.5 Å². The molecule has 1 amide bonds. The molecule has 0 radical (unpaired) electrons. The van der Waals surface area contributed by atoms with Crippen molar-refractivity contribution in [3.63, 3.8) is 0 Å². The molecule has 1 N–H and O–H groups in total. The minimum atomic E-state index is 0.115. The molecular formula is C32H39N7O. The number of nitrogens with zero attached hydrogens (tertiary/aromatic N) is 6. The maximum absolute atomic E-state index is 12.2. The molecule has 0 bridgehead atoms. The predicted octanol–water partition coefficient (Wildman–Crippen LogP) is 5.38. The molecule has 8 nitrogen and oxygen atoms in total. The van der Waals surface area contributed by atoms with Crippen molar-refractivity contribution in [2.45, 2.75) is 66.5 Å². The summed E-state index contributed by atoms with van der Waals surface area (Å²) in [7, 11) is 0. The third-order valence-electron chi connectivity index (χ3n) is 8.67. The van der Waals surface area contributed by atoms with Gasteiger partial charge in [0.25, 0.3) is 0 Å². The second-order valence-corrected chi connectivity index (χ2v) is 11.8. The fourth-order valence-corrected chi connectivity index (χ4v) is 6.34. The second kappa shape index (κ2) is 10.2. The van der Waals surface area contributed by atoms with Gasteiger partial charge in [-0.05, 0) is 55.5 Å².